The minimum Gasteiger partial charge on any atom is -0.465 e. The minimum atomic E-state index is -3.63. The normalized spacial score (nSPS) is 11.4. The zero-order chi connectivity index (χ0) is 18.8. The van der Waals surface area contributed by atoms with E-state index in [0.717, 1.165) is 15.6 Å². The first kappa shape index (κ1) is 19.1. The molecule has 0 bridgehead atoms. The van der Waals surface area contributed by atoms with Gasteiger partial charge in [0.05, 0.1) is 28.1 Å². The lowest BCUT2D eigenvalue weighted by Gasteiger charge is -2.10. The Morgan fingerprint density at radius 1 is 1.20 bits per heavy atom. The van der Waals surface area contributed by atoms with Crippen LogP contribution < -0.4 is 5.32 Å². The molecule has 2 aromatic rings. The number of rotatable bonds is 5. The Bertz CT molecular complexity index is 916. The van der Waals surface area contributed by atoms with Gasteiger partial charge in [-0.05, 0) is 25.1 Å². The highest BCUT2D eigenvalue weighted by molar-refractivity contribution is 7.89. The lowest BCUT2D eigenvalue weighted by molar-refractivity contribution is 0.0602. The van der Waals surface area contributed by atoms with Gasteiger partial charge in [0.15, 0.2) is 0 Å². The van der Waals surface area contributed by atoms with Crippen LogP contribution in [0.3, 0.4) is 0 Å². The second-order valence-corrected chi connectivity index (χ2v) is 8.69. The van der Waals surface area contributed by atoms with Gasteiger partial charge in [-0.3, -0.25) is 4.79 Å². The number of anilines is 1. The largest absolute Gasteiger partial charge is 0.465 e. The molecule has 0 aliphatic rings. The van der Waals surface area contributed by atoms with Crippen molar-refractivity contribution in [3.05, 3.63) is 45.6 Å². The minimum absolute atomic E-state index is 0.0916. The molecule has 0 aliphatic carbocycles. The van der Waals surface area contributed by atoms with Crippen LogP contribution in [0.2, 0.25) is 0 Å². The Morgan fingerprint density at radius 3 is 2.44 bits per heavy atom. The molecule has 0 radical (unpaired) electrons. The molecule has 1 amide bonds. The fourth-order valence-electron chi connectivity index (χ4n) is 2.09. The molecule has 0 saturated carbocycles. The SMILES string of the molecule is COC(=O)c1ccccc1NC(=O)c1cc(S(=O)(=O)N(C)C)c(C)s1. The van der Waals surface area contributed by atoms with E-state index >= 15 is 0 Å². The van der Waals surface area contributed by atoms with E-state index in [1.165, 1.54) is 33.3 Å². The van der Waals surface area contributed by atoms with Gasteiger partial charge in [-0.25, -0.2) is 17.5 Å². The molecule has 1 aromatic heterocycles. The van der Waals surface area contributed by atoms with Crippen LogP contribution in [0.15, 0.2) is 35.2 Å². The first-order valence-corrected chi connectivity index (χ1v) is 9.45. The molecule has 7 nitrogen and oxygen atoms in total. The molecule has 134 valence electrons. The fraction of sp³-hybridized carbons (Fsp3) is 0.250. The summed E-state index contributed by atoms with van der Waals surface area (Å²) in [4.78, 5) is 25.1. The van der Waals surface area contributed by atoms with Gasteiger partial charge in [0.2, 0.25) is 10.0 Å². The Labute approximate surface area is 150 Å². The third kappa shape index (κ3) is 3.89. The zero-order valence-electron chi connectivity index (χ0n) is 14.2. The van der Waals surface area contributed by atoms with Crippen LogP contribution >= 0.6 is 11.3 Å². The molecule has 0 fully saturated rings. The maximum atomic E-state index is 12.5. The summed E-state index contributed by atoms with van der Waals surface area (Å²) in [5, 5.41) is 2.63. The molecule has 25 heavy (non-hydrogen) atoms. The number of nitrogens with one attached hydrogen (secondary N) is 1. The van der Waals surface area contributed by atoms with Crippen LogP contribution in [0.1, 0.15) is 24.9 Å². The number of thiophene rings is 1. The number of methoxy groups -OCH3 is 1. The second-order valence-electron chi connectivity index (χ2n) is 5.31. The summed E-state index contributed by atoms with van der Waals surface area (Å²) >= 11 is 1.07. The maximum Gasteiger partial charge on any atom is 0.339 e. The first-order chi connectivity index (χ1) is 11.7. The molecule has 0 aliphatic heterocycles. The molecule has 1 N–H and O–H groups in total. The predicted molar refractivity (Wildman–Crippen MR) is 95.7 cm³/mol. The van der Waals surface area contributed by atoms with E-state index in [4.69, 9.17) is 0 Å². The number of hydrogen-bond acceptors (Lipinski definition) is 6. The number of para-hydroxylation sites is 1. The smallest absolute Gasteiger partial charge is 0.339 e. The van der Waals surface area contributed by atoms with Crippen molar-refractivity contribution < 1.29 is 22.7 Å². The molecule has 0 unspecified atom stereocenters. The van der Waals surface area contributed by atoms with Crippen LogP contribution in [-0.2, 0) is 14.8 Å². The van der Waals surface area contributed by atoms with Crippen LogP contribution in [0.5, 0.6) is 0 Å². The highest BCUT2D eigenvalue weighted by Gasteiger charge is 2.24. The monoisotopic (exact) mass is 382 g/mol. The maximum absolute atomic E-state index is 12.5. The van der Waals surface area contributed by atoms with Crippen LogP contribution in [0, 0.1) is 6.92 Å². The second kappa shape index (κ2) is 7.34. The van der Waals surface area contributed by atoms with Gasteiger partial charge in [-0.2, -0.15) is 0 Å². The highest BCUT2D eigenvalue weighted by atomic mass is 32.2. The molecule has 9 heteroatoms. The number of carbonyl (C=O) groups excluding carboxylic acids is 2. The van der Waals surface area contributed by atoms with E-state index < -0.39 is 21.9 Å². The van der Waals surface area contributed by atoms with Gasteiger partial charge < -0.3 is 10.1 Å². The third-order valence-electron chi connectivity index (χ3n) is 3.44. The molecule has 0 saturated heterocycles. The summed E-state index contributed by atoms with van der Waals surface area (Å²) in [6.45, 7) is 1.64. The Kier molecular flexibility index (Phi) is 5.61. The third-order valence-corrected chi connectivity index (χ3v) is 6.55. The average molecular weight is 382 g/mol. The van der Waals surface area contributed by atoms with Gasteiger partial charge in [-0.15, -0.1) is 11.3 Å². The van der Waals surface area contributed by atoms with E-state index in [0.29, 0.717) is 10.6 Å². The van der Waals surface area contributed by atoms with E-state index in [1.807, 2.05) is 0 Å². The summed E-state index contributed by atoms with van der Waals surface area (Å²) in [5.41, 5.74) is 0.509. The Morgan fingerprint density at radius 2 is 1.84 bits per heavy atom. The summed E-state index contributed by atoms with van der Waals surface area (Å²) in [6, 6.07) is 7.76. The van der Waals surface area contributed by atoms with Gasteiger partial charge >= 0.3 is 5.97 Å². The summed E-state index contributed by atoms with van der Waals surface area (Å²) in [5.74, 6) is -1.07. The van der Waals surface area contributed by atoms with E-state index in [2.05, 4.69) is 10.1 Å². The topological polar surface area (TPSA) is 92.8 Å². The lowest BCUT2D eigenvalue weighted by Crippen LogP contribution is -2.22. The van der Waals surface area contributed by atoms with Gasteiger partial charge in [-0.1, -0.05) is 12.1 Å². The number of ether oxygens (including phenoxy) is 1. The van der Waals surface area contributed by atoms with E-state index in [1.54, 1.807) is 25.1 Å². The molecule has 1 aromatic carbocycles. The van der Waals surface area contributed by atoms with Gasteiger partial charge in [0.1, 0.15) is 0 Å². The van der Waals surface area contributed by atoms with Crippen molar-refractivity contribution in [1.29, 1.82) is 0 Å². The average Bonchev–Trinajstić information content (AvgIpc) is 2.97. The van der Waals surface area contributed by atoms with Gasteiger partial charge in [0, 0.05) is 19.0 Å². The van der Waals surface area contributed by atoms with Gasteiger partial charge in [0.25, 0.3) is 5.91 Å². The number of esters is 1. The fourth-order valence-corrected chi connectivity index (χ4v) is 4.44. The zero-order valence-corrected chi connectivity index (χ0v) is 15.8. The van der Waals surface area contributed by atoms with Crippen LogP contribution in [0.25, 0.3) is 0 Å². The number of amides is 1. The Hall–Kier alpha value is -2.23. The van der Waals surface area contributed by atoms with Crippen molar-refractivity contribution in [1.82, 2.24) is 4.31 Å². The van der Waals surface area contributed by atoms with Crippen molar-refractivity contribution in [2.45, 2.75) is 11.8 Å². The lowest BCUT2D eigenvalue weighted by atomic mass is 10.2. The summed E-state index contributed by atoms with van der Waals surface area (Å²) in [6.07, 6.45) is 0. The molecule has 1 heterocycles. The number of benzene rings is 1. The molecule has 0 spiro atoms. The van der Waals surface area contributed by atoms with Crippen molar-refractivity contribution in [3.8, 4) is 0 Å². The first-order valence-electron chi connectivity index (χ1n) is 7.20. The number of hydrogen-bond donors (Lipinski definition) is 1. The van der Waals surface area contributed by atoms with E-state index in [9.17, 15) is 18.0 Å². The van der Waals surface area contributed by atoms with Crippen molar-refractivity contribution in [2.75, 3.05) is 26.5 Å². The van der Waals surface area contributed by atoms with Crippen molar-refractivity contribution in [2.24, 2.45) is 0 Å². The standard InChI is InChI=1S/C16H18N2O5S2/c1-10-14(25(21,22)18(2)3)9-13(24-10)15(19)17-12-8-6-5-7-11(12)16(20)23-4/h5-9H,1-4H3,(H,17,19). The Balaban J connectivity index is 2.34. The summed E-state index contributed by atoms with van der Waals surface area (Å²) < 4.78 is 30.3. The highest BCUT2D eigenvalue weighted by Crippen LogP contribution is 2.28. The molecule has 2 rings (SSSR count). The van der Waals surface area contributed by atoms with E-state index in [-0.39, 0.29) is 15.3 Å². The summed E-state index contributed by atoms with van der Waals surface area (Å²) in [7, 11) is 0.482. The predicted octanol–water partition coefficient (Wildman–Crippen LogP) is 2.35. The number of aryl methyl sites for hydroxylation is 1. The van der Waals surface area contributed by atoms with Crippen LogP contribution in [0.4, 0.5) is 5.69 Å². The molecule has 0 atom stereocenters. The number of nitrogens with zero attached hydrogens (tertiary/aromatic N) is 1. The quantitative estimate of drug-likeness (QED) is 0.801. The van der Waals surface area contributed by atoms with Crippen LogP contribution in [-0.4, -0.2) is 45.8 Å². The number of sulfonamides is 1. The number of carbonyl (C=O) groups is 2. The molecular formula is C16H18N2O5S2. The molecular weight excluding hydrogens is 364 g/mol. The van der Waals surface area contributed by atoms with Crippen molar-refractivity contribution in [3.63, 3.8) is 0 Å². The van der Waals surface area contributed by atoms with Crippen molar-refractivity contribution >= 4 is 38.9 Å².